The van der Waals surface area contributed by atoms with Gasteiger partial charge in [-0.15, -0.1) is 11.8 Å². The van der Waals surface area contributed by atoms with Crippen LogP contribution in [0, 0.1) is 0 Å². The largest absolute Gasteiger partial charge is 0.496 e. The Morgan fingerprint density at radius 1 is 0.966 bits per heavy atom. The summed E-state index contributed by atoms with van der Waals surface area (Å²) in [5.41, 5.74) is 0.805. The van der Waals surface area contributed by atoms with E-state index in [9.17, 15) is 4.79 Å². The summed E-state index contributed by atoms with van der Waals surface area (Å²) < 4.78 is 27.3. The van der Waals surface area contributed by atoms with Gasteiger partial charge in [0, 0.05) is 29.5 Å². The number of rotatable bonds is 8. The monoisotopic (exact) mass is 419 g/mol. The zero-order valence-electron chi connectivity index (χ0n) is 16.8. The van der Waals surface area contributed by atoms with Gasteiger partial charge in [-0.1, -0.05) is 0 Å². The third-order valence-electron chi connectivity index (χ3n) is 4.35. The molecule has 1 aliphatic heterocycles. The standard InChI is InChI=1S/C21H25NO6S/c1-24-17-11-19(26-3)18(25-2)9-14(17)12-22-21(23)13-29-15-5-6-16-20(10-15)28-8-4-7-27-16/h5-6,9-11H,4,7-8,12-13H2,1-3H3,(H,22,23). The van der Waals surface area contributed by atoms with Crippen LogP contribution in [0.5, 0.6) is 28.7 Å². The highest BCUT2D eigenvalue weighted by Crippen LogP contribution is 2.35. The second kappa shape index (κ2) is 10.2. The maximum absolute atomic E-state index is 12.3. The summed E-state index contributed by atoms with van der Waals surface area (Å²) in [6.45, 7) is 1.61. The smallest absolute Gasteiger partial charge is 0.230 e. The number of methoxy groups -OCH3 is 3. The molecule has 8 heteroatoms. The highest BCUT2D eigenvalue weighted by Gasteiger charge is 2.14. The Hall–Kier alpha value is -2.74. The first-order valence-corrected chi connectivity index (χ1v) is 10.2. The molecule has 0 saturated carbocycles. The van der Waals surface area contributed by atoms with Crippen LogP contribution in [-0.4, -0.2) is 46.2 Å². The number of hydrogen-bond acceptors (Lipinski definition) is 7. The summed E-state index contributed by atoms with van der Waals surface area (Å²) in [7, 11) is 4.71. The molecule has 1 aliphatic rings. The zero-order valence-corrected chi connectivity index (χ0v) is 17.6. The van der Waals surface area contributed by atoms with Gasteiger partial charge in [-0.3, -0.25) is 4.79 Å². The van der Waals surface area contributed by atoms with Crippen LogP contribution in [0.3, 0.4) is 0 Å². The van der Waals surface area contributed by atoms with E-state index in [1.54, 1.807) is 33.5 Å². The van der Waals surface area contributed by atoms with Gasteiger partial charge in [0.25, 0.3) is 0 Å². The predicted molar refractivity (Wildman–Crippen MR) is 111 cm³/mol. The van der Waals surface area contributed by atoms with Gasteiger partial charge >= 0.3 is 0 Å². The topological polar surface area (TPSA) is 75.2 Å². The number of carbonyl (C=O) groups excluding carboxylic acids is 1. The molecule has 0 bridgehead atoms. The van der Waals surface area contributed by atoms with Crippen molar-refractivity contribution in [2.75, 3.05) is 40.3 Å². The molecule has 1 amide bonds. The van der Waals surface area contributed by atoms with E-state index in [1.807, 2.05) is 18.2 Å². The van der Waals surface area contributed by atoms with Gasteiger partial charge in [0.05, 0.1) is 40.3 Å². The molecule has 1 heterocycles. The van der Waals surface area contributed by atoms with E-state index >= 15 is 0 Å². The average molecular weight is 419 g/mol. The average Bonchev–Trinajstić information content (AvgIpc) is 3.00. The molecule has 0 spiro atoms. The van der Waals surface area contributed by atoms with Gasteiger partial charge in [-0.25, -0.2) is 0 Å². The van der Waals surface area contributed by atoms with Crippen LogP contribution in [0.25, 0.3) is 0 Å². The second-order valence-corrected chi connectivity index (χ2v) is 7.29. The van der Waals surface area contributed by atoms with Crippen LogP contribution in [0.1, 0.15) is 12.0 Å². The lowest BCUT2D eigenvalue weighted by Gasteiger charge is -2.14. The van der Waals surface area contributed by atoms with Crippen molar-refractivity contribution in [1.82, 2.24) is 5.32 Å². The van der Waals surface area contributed by atoms with E-state index in [4.69, 9.17) is 23.7 Å². The highest BCUT2D eigenvalue weighted by molar-refractivity contribution is 8.00. The van der Waals surface area contributed by atoms with Crippen LogP contribution < -0.4 is 29.0 Å². The van der Waals surface area contributed by atoms with Crippen molar-refractivity contribution >= 4 is 17.7 Å². The van der Waals surface area contributed by atoms with Gasteiger partial charge in [0.15, 0.2) is 23.0 Å². The summed E-state index contributed by atoms with van der Waals surface area (Å²) >= 11 is 1.44. The number of hydrogen-bond donors (Lipinski definition) is 1. The van der Waals surface area contributed by atoms with E-state index in [0.29, 0.717) is 37.0 Å². The summed E-state index contributed by atoms with van der Waals surface area (Å²) in [5, 5.41) is 2.91. The van der Waals surface area contributed by atoms with Crippen LogP contribution in [0.15, 0.2) is 35.2 Å². The molecule has 29 heavy (non-hydrogen) atoms. The number of carbonyl (C=O) groups is 1. The van der Waals surface area contributed by atoms with E-state index in [0.717, 1.165) is 28.4 Å². The quantitative estimate of drug-likeness (QED) is 0.658. The van der Waals surface area contributed by atoms with E-state index in [1.165, 1.54) is 11.8 Å². The summed E-state index contributed by atoms with van der Waals surface area (Å²) in [4.78, 5) is 13.3. The molecule has 0 saturated heterocycles. The van der Waals surface area contributed by atoms with Gasteiger partial charge in [0.1, 0.15) is 5.75 Å². The number of thioether (sulfide) groups is 1. The Labute approximate surface area is 174 Å². The minimum absolute atomic E-state index is 0.0843. The van der Waals surface area contributed by atoms with Crippen LogP contribution in [0.2, 0.25) is 0 Å². The Balaban J connectivity index is 1.57. The second-order valence-electron chi connectivity index (χ2n) is 6.24. The Kier molecular flexibility index (Phi) is 7.35. The molecular weight excluding hydrogens is 394 g/mol. The van der Waals surface area contributed by atoms with Gasteiger partial charge < -0.3 is 29.0 Å². The van der Waals surface area contributed by atoms with Crippen LogP contribution in [0.4, 0.5) is 0 Å². The molecule has 156 valence electrons. The zero-order chi connectivity index (χ0) is 20.6. The third kappa shape index (κ3) is 5.41. The molecule has 0 radical (unpaired) electrons. The Morgan fingerprint density at radius 3 is 2.38 bits per heavy atom. The highest BCUT2D eigenvalue weighted by atomic mass is 32.2. The lowest BCUT2D eigenvalue weighted by Crippen LogP contribution is -2.24. The van der Waals surface area contributed by atoms with Crippen molar-refractivity contribution in [3.63, 3.8) is 0 Å². The number of ether oxygens (including phenoxy) is 5. The maximum atomic E-state index is 12.3. The van der Waals surface area contributed by atoms with Crippen molar-refractivity contribution in [2.24, 2.45) is 0 Å². The summed E-state index contributed by atoms with van der Waals surface area (Å²) in [6, 6.07) is 9.27. The number of amides is 1. The number of nitrogens with one attached hydrogen (secondary N) is 1. The minimum Gasteiger partial charge on any atom is -0.496 e. The molecule has 0 fully saturated rings. The molecule has 7 nitrogen and oxygen atoms in total. The fourth-order valence-corrected chi connectivity index (χ4v) is 3.61. The lowest BCUT2D eigenvalue weighted by molar-refractivity contribution is -0.118. The number of benzene rings is 2. The molecule has 0 aliphatic carbocycles. The molecule has 0 atom stereocenters. The SMILES string of the molecule is COc1cc(OC)c(OC)cc1CNC(=O)CSc1ccc2c(c1)OCCCO2. The Morgan fingerprint density at radius 2 is 1.66 bits per heavy atom. The van der Waals surface area contributed by atoms with E-state index < -0.39 is 0 Å². The molecule has 2 aromatic rings. The summed E-state index contributed by atoms with van der Waals surface area (Å²) in [5.74, 6) is 3.45. The van der Waals surface area contributed by atoms with Crippen molar-refractivity contribution in [2.45, 2.75) is 17.9 Å². The number of fused-ring (bicyclic) bond motifs is 1. The van der Waals surface area contributed by atoms with Gasteiger partial charge in [-0.2, -0.15) is 0 Å². The molecule has 0 aromatic heterocycles. The fraction of sp³-hybridized carbons (Fsp3) is 0.381. The first kappa shape index (κ1) is 21.0. The minimum atomic E-state index is -0.0843. The van der Waals surface area contributed by atoms with Crippen molar-refractivity contribution < 1.29 is 28.5 Å². The molecule has 3 rings (SSSR count). The van der Waals surface area contributed by atoms with E-state index in [2.05, 4.69) is 5.32 Å². The molecular formula is C21H25NO6S. The maximum Gasteiger partial charge on any atom is 0.230 e. The van der Waals surface area contributed by atoms with Gasteiger partial charge in [0.2, 0.25) is 5.91 Å². The molecule has 2 aromatic carbocycles. The van der Waals surface area contributed by atoms with Crippen LogP contribution in [-0.2, 0) is 11.3 Å². The van der Waals surface area contributed by atoms with Crippen molar-refractivity contribution in [3.8, 4) is 28.7 Å². The summed E-state index contributed by atoms with van der Waals surface area (Å²) in [6.07, 6.45) is 0.860. The van der Waals surface area contributed by atoms with Crippen molar-refractivity contribution in [1.29, 1.82) is 0 Å². The third-order valence-corrected chi connectivity index (χ3v) is 5.35. The predicted octanol–water partition coefficient (Wildman–Crippen LogP) is 3.28. The first-order chi connectivity index (χ1) is 14.1. The molecule has 1 N–H and O–H groups in total. The normalized spacial score (nSPS) is 12.7. The van der Waals surface area contributed by atoms with Crippen LogP contribution >= 0.6 is 11.8 Å². The Bertz CT molecular complexity index is 857. The fourth-order valence-electron chi connectivity index (χ4n) is 2.86. The molecule has 0 unspecified atom stereocenters. The van der Waals surface area contributed by atoms with Crippen molar-refractivity contribution in [3.05, 3.63) is 35.9 Å². The van der Waals surface area contributed by atoms with Gasteiger partial charge in [-0.05, 0) is 24.3 Å². The first-order valence-electron chi connectivity index (χ1n) is 9.22. The van der Waals surface area contributed by atoms with E-state index in [-0.39, 0.29) is 11.7 Å². The lowest BCUT2D eigenvalue weighted by atomic mass is 10.1.